The molecule has 6 heteroatoms. The first-order valence-corrected chi connectivity index (χ1v) is 6.39. The number of carbonyl (C=O) groups excluding carboxylic acids is 1. The van der Waals surface area contributed by atoms with Gasteiger partial charge in [-0.05, 0) is 31.2 Å². The molecule has 5 nitrogen and oxygen atoms in total. The lowest BCUT2D eigenvalue weighted by atomic mass is 10.2. The van der Waals surface area contributed by atoms with Crippen molar-refractivity contribution in [2.45, 2.75) is 6.92 Å². The lowest BCUT2D eigenvalue weighted by Crippen LogP contribution is -2.20. The molecule has 19 heavy (non-hydrogen) atoms. The number of hydrogen-bond donors (Lipinski definition) is 2. The van der Waals surface area contributed by atoms with Gasteiger partial charge in [-0.15, -0.1) is 0 Å². The smallest absolute Gasteiger partial charge is 0.250 e. The minimum atomic E-state index is -0.209. The first-order chi connectivity index (χ1) is 9.13. The molecule has 0 aliphatic carbocycles. The monoisotopic (exact) mass is 282 g/mol. The van der Waals surface area contributed by atoms with Crippen LogP contribution in [0.5, 0.6) is 0 Å². The quantitative estimate of drug-likeness (QED) is 0.555. The molecule has 1 aromatic carbocycles. The van der Waals surface area contributed by atoms with Crippen LogP contribution in [0.25, 0.3) is 0 Å². The van der Waals surface area contributed by atoms with Crippen molar-refractivity contribution in [1.82, 2.24) is 0 Å². The van der Waals surface area contributed by atoms with E-state index in [4.69, 9.17) is 27.4 Å². The van der Waals surface area contributed by atoms with E-state index in [1.165, 1.54) is 0 Å². The molecule has 0 heterocycles. The highest BCUT2D eigenvalue weighted by atomic mass is 32.1. The minimum Gasteiger partial charge on any atom is -0.389 e. The molecule has 1 amide bonds. The van der Waals surface area contributed by atoms with E-state index in [-0.39, 0.29) is 12.5 Å². The number of rotatable bonds is 8. The fourth-order valence-electron chi connectivity index (χ4n) is 1.34. The maximum absolute atomic E-state index is 11.5. The molecular formula is C13H18N2O3S. The van der Waals surface area contributed by atoms with Crippen molar-refractivity contribution in [1.29, 1.82) is 0 Å². The Kier molecular flexibility index (Phi) is 7.02. The van der Waals surface area contributed by atoms with E-state index >= 15 is 0 Å². The largest absolute Gasteiger partial charge is 0.389 e. The Labute approximate surface area is 118 Å². The van der Waals surface area contributed by atoms with Gasteiger partial charge in [0, 0.05) is 17.9 Å². The number of ether oxygens (including phenoxy) is 2. The summed E-state index contributed by atoms with van der Waals surface area (Å²) in [6.45, 7) is 3.45. The number of carbonyl (C=O) groups is 1. The van der Waals surface area contributed by atoms with Gasteiger partial charge in [0.15, 0.2) is 0 Å². The Balaban J connectivity index is 2.30. The second-order valence-corrected chi connectivity index (χ2v) is 4.18. The number of amides is 1. The van der Waals surface area contributed by atoms with Gasteiger partial charge >= 0.3 is 0 Å². The van der Waals surface area contributed by atoms with Crippen molar-refractivity contribution in [2.24, 2.45) is 5.73 Å². The summed E-state index contributed by atoms with van der Waals surface area (Å²) in [5, 5.41) is 2.71. The molecule has 1 aromatic rings. The zero-order valence-electron chi connectivity index (χ0n) is 10.8. The Bertz CT molecular complexity index is 420. The third-order valence-electron chi connectivity index (χ3n) is 2.26. The summed E-state index contributed by atoms with van der Waals surface area (Å²) in [5.41, 5.74) is 6.93. The van der Waals surface area contributed by atoms with Gasteiger partial charge < -0.3 is 20.5 Å². The van der Waals surface area contributed by atoms with Crippen LogP contribution in [0.2, 0.25) is 0 Å². The molecule has 0 saturated heterocycles. The van der Waals surface area contributed by atoms with E-state index in [0.717, 1.165) is 5.56 Å². The van der Waals surface area contributed by atoms with Crippen molar-refractivity contribution in [3.8, 4) is 0 Å². The Morgan fingerprint density at radius 1 is 1.26 bits per heavy atom. The topological polar surface area (TPSA) is 73.6 Å². The molecule has 0 aromatic heterocycles. The van der Waals surface area contributed by atoms with E-state index in [1.807, 2.05) is 6.92 Å². The molecule has 0 unspecified atom stereocenters. The number of nitrogens with two attached hydrogens (primary N) is 1. The van der Waals surface area contributed by atoms with Crippen LogP contribution in [-0.4, -0.2) is 37.3 Å². The number of nitrogens with one attached hydrogen (secondary N) is 1. The van der Waals surface area contributed by atoms with Crippen LogP contribution in [0.15, 0.2) is 24.3 Å². The van der Waals surface area contributed by atoms with Crippen LogP contribution in [0.1, 0.15) is 12.5 Å². The molecule has 0 fully saturated rings. The van der Waals surface area contributed by atoms with E-state index in [0.29, 0.717) is 30.5 Å². The van der Waals surface area contributed by atoms with Gasteiger partial charge in [-0.3, -0.25) is 4.79 Å². The van der Waals surface area contributed by atoms with Gasteiger partial charge in [-0.25, -0.2) is 0 Å². The van der Waals surface area contributed by atoms with E-state index in [9.17, 15) is 4.79 Å². The Hall–Kier alpha value is -1.50. The second-order valence-electron chi connectivity index (χ2n) is 3.74. The summed E-state index contributed by atoms with van der Waals surface area (Å²) in [6, 6.07) is 7.00. The lowest BCUT2D eigenvalue weighted by molar-refractivity contribution is -0.121. The highest BCUT2D eigenvalue weighted by Crippen LogP contribution is 2.09. The van der Waals surface area contributed by atoms with Crippen LogP contribution in [0.3, 0.4) is 0 Å². The van der Waals surface area contributed by atoms with Crippen molar-refractivity contribution < 1.29 is 14.3 Å². The average Bonchev–Trinajstić information content (AvgIpc) is 2.39. The van der Waals surface area contributed by atoms with Gasteiger partial charge in [0.25, 0.3) is 0 Å². The summed E-state index contributed by atoms with van der Waals surface area (Å²) in [5.74, 6) is -0.209. The summed E-state index contributed by atoms with van der Waals surface area (Å²) in [4.78, 5) is 11.9. The Morgan fingerprint density at radius 3 is 2.47 bits per heavy atom. The van der Waals surface area contributed by atoms with Crippen molar-refractivity contribution in [3.05, 3.63) is 29.8 Å². The van der Waals surface area contributed by atoms with Gasteiger partial charge in [-0.1, -0.05) is 12.2 Å². The third-order valence-corrected chi connectivity index (χ3v) is 2.50. The molecule has 0 aliphatic heterocycles. The molecule has 0 radical (unpaired) electrons. The number of benzene rings is 1. The predicted molar refractivity (Wildman–Crippen MR) is 78.3 cm³/mol. The second kappa shape index (κ2) is 8.58. The van der Waals surface area contributed by atoms with Crippen LogP contribution < -0.4 is 11.1 Å². The average molecular weight is 282 g/mol. The zero-order valence-corrected chi connectivity index (χ0v) is 11.7. The molecule has 0 spiro atoms. The summed E-state index contributed by atoms with van der Waals surface area (Å²) >= 11 is 4.84. The molecule has 0 bridgehead atoms. The maximum atomic E-state index is 11.5. The molecular weight excluding hydrogens is 264 g/mol. The van der Waals surface area contributed by atoms with Crippen molar-refractivity contribution in [3.63, 3.8) is 0 Å². The molecule has 0 aliphatic rings. The first-order valence-electron chi connectivity index (χ1n) is 5.98. The van der Waals surface area contributed by atoms with Gasteiger partial charge in [0.1, 0.15) is 11.6 Å². The van der Waals surface area contributed by atoms with E-state index < -0.39 is 0 Å². The summed E-state index contributed by atoms with van der Waals surface area (Å²) < 4.78 is 10.2. The molecule has 0 atom stereocenters. The van der Waals surface area contributed by atoms with E-state index in [1.54, 1.807) is 24.3 Å². The van der Waals surface area contributed by atoms with Crippen LogP contribution >= 0.6 is 12.2 Å². The van der Waals surface area contributed by atoms with Crippen molar-refractivity contribution >= 4 is 28.8 Å². The maximum Gasteiger partial charge on any atom is 0.250 e. The van der Waals surface area contributed by atoms with E-state index in [2.05, 4.69) is 5.32 Å². The lowest BCUT2D eigenvalue weighted by Gasteiger charge is -2.07. The zero-order chi connectivity index (χ0) is 14.1. The highest BCUT2D eigenvalue weighted by Gasteiger charge is 2.03. The molecule has 1 rings (SSSR count). The fourth-order valence-corrected chi connectivity index (χ4v) is 1.48. The number of thiocarbonyl (C=S) groups is 1. The summed E-state index contributed by atoms with van der Waals surface area (Å²) in [6.07, 6.45) is 0. The molecule has 104 valence electrons. The van der Waals surface area contributed by atoms with Crippen LogP contribution in [0, 0.1) is 0 Å². The predicted octanol–water partition coefficient (Wildman–Crippen LogP) is 1.31. The van der Waals surface area contributed by atoms with Crippen molar-refractivity contribution in [2.75, 3.05) is 31.7 Å². The Morgan fingerprint density at radius 2 is 1.89 bits per heavy atom. The minimum absolute atomic E-state index is 0.00409. The van der Waals surface area contributed by atoms with Gasteiger partial charge in [0.2, 0.25) is 5.91 Å². The SMILES string of the molecule is CCOCCOCC(=O)Nc1ccc(C(N)=S)cc1. The molecule has 0 saturated carbocycles. The number of anilines is 1. The number of hydrogen-bond acceptors (Lipinski definition) is 4. The van der Waals surface area contributed by atoms with Crippen LogP contribution in [0.4, 0.5) is 5.69 Å². The first kappa shape index (κ1) is 15.6. The highest BCUT2D eigenvalue weighted by molar-refractivity contribution is 7.80. The molecule has 3 N–H and O–H groups in total. The van der Waals surface area contributed by atoms with Gasteiger partial charge in [-0.2, -0.15) is 0 Å². The standard InChI is InChI=1S/C13H18N2O3S/c1-2-17-7-8-18-9-12(16)15-11-5-3-10(4-6-11)13(14)19/h3-6H,2,7-9H2,1H3,(H2,14,19)(H,15,16). The van der Waals surface area contributed by atoms with Crippen LogP contribution in [-0.2, 0) is 14.3 Å². The fraction of sp³-hybridized carbons (Fsp3) is 0.385. The normalized spacial score (nSPS) is 10.2. The third kappa shape index (κ3) is 6.28. The summed E-state index contributed by atoms with van der Waals surface area (Å²) in [7, 11) is 0. The van der Waals surface area contributed by atoms with Gasteiger partial charge in [0.05, 0.1) is 13.2 Å².